The van der Waals surface area contributed by atoms with Gasteiger partial charge in [0.15, 0.2) is 0 Å². The third-order valence-corrected chi connectivity index (χ3v) is 4.60. The monoisotopic (exact) mass is 451 g/mol. The highest BCUT2D eigenvalue weighted by Gasteiger charge is 2.13. The second-order valence-corrected chi connectivity index (χ2v) is 6.79. The molecule has 0 bridgehead atoms. The molecule has 0 saturated carbocycles. The Balaban J connectivity index is 0.00000264. The number of aromatic nitrogens is 1. The molecule has 0 aliphatic carbocycles. The standard InChI is InChI=1S/C16H18BrN3OS.2ClH/c1-11(18-2)9-20-16(21)13-5-3-4-6-14(13)22-15-8-7-12(17)10-19-15;;/h3-8,10-11,18H,9H2,1-2H3,(H,20,21);2*1H. The molecule has 2 rings (SSSR count). The van der Waals surface area contributed by atoms with Crippen molar-refractivity contribution < 1.29 is 4.79 Å². The number of halogens is 3. The molecule has 0 radical (unpaired) electrons. The lowest BCUT2D eigenvalue weighted by Crippen LogP contribution is -2.37. The Hall–Kier alpha value is -0.790. The van der Waals surface area contributed by atoms with E-state index in [4.69, 9.17) is 0 Å². The van der Waals surface area contributed by atoms with Crippen LogP contribution in [0.15, 0.2) is 57.0 Å². The second-order valence-electron chi connectivity index (χ2n) is 4.81. The number of hydrogen-bond donors (Lipinski definition) is 2. The van der Waals surface area contributed by atoms with Crippen LogP contribution < -0.4 is 10.6 Å². The van der Waals surface area contributed by atoms with Gasteiger partial charge in [-0.2, -0.15) is 0 Å². The zero-order valence-corrected chi connectivity index (χ0v) is 17.3. The minimum atomic E-state index is -0.0673. The molecule has 1 atom stereocenters. The number of carbonyl (C=O) groups is 1. The zero-order chi connectivity index (χ0) is 15.9. The summed E-state index contributed by atoms with van der Waals surface area (Å²) >= 11 is 4.85. The Bertz CT molecular complexity index is 643. The molecule has 1 heterocycles. The molecule has 0 aliphatic rings. The first-order valence-corrected chi connectivity index (χ1v) is 8.55. The largest absolute Gasteiger partial charge is 0.350 e. The van der Waals surface area contributed by atoms with E-state index < -0.39 is 0 Å². The average Bonchev–Trinajstić information content (AvgIpc) is 2.55. The van der Waals surface area contributed by atoms with E-state index in [1.165, 1.54) is 11.8 Å². The van der Waals surface area contributed by atoms with Crippen molar-refractivity contribution in [1.82, 2.24) is 15.6 Å². The lowest BCUT2D eigenvalue weighted by molar-refractivity contribution is 0.0947. The Morgan fingerprint density at radius 2 is 1.96 bits per heavy atom. The van der Waals surface area contributed by atoms with Crippen LogP contribution in [0.4, 0.5) is 0 Å². The van der Waals surface area contributed by atoms with E-state index in [1.54, 1.807) is 6.20 Å². The minimum absolute atomic E-state index is 0. The van der Waals surface area contributed by atoms with Crippen LogP contribution >= 0.6 is 52.5 Å². The van der Waals surface area contributed by atoms with Crippen molar-refractivity contribution in [1.29, 1.82) is 0 Å². The predicted octanol–water partition coefficient (Wildman–Crippen LogP) is 4.18. The van der Waals surface area contributed by atoms with Crippen LogP contribution in [0.2, 0.25) is 0 Å². The van der Waals surface area contributed by atoms with Crippen molar-refractivity contribution in [3.05, 3.63) is 52.6 Å². The first-order valence-electron chi connectivity index (χ1n) is 6.94. The Morgan fingerprint density at radius 3 is 2.58 bits per heavy atom. The van der Waals surface area contributed by atoms with Crippen LogP contribution in [0.3, 0.4) is 0 Å². The van der Waals surface area contributed by atoms with Crippen molar-refractivity contribution in [3.8, 4) is 0 Å². The van der Waals surface area contributed by atoms with Crippen molar-refractivity contribution in [2.75, 3.05) is 13.6 Å². The summed E-state index contributed by atoms with van der Waals surface area (Å²) in [7, 11) is 1.87. The molecule has 2 aromatic rings. The zero-order valence-electron chi connectivity index (χ0n) is 13.3. The molecule has 1 amide bonds. The summed E-state index contributed by atoms with van der Waals surface area (Å²) in [6, 6.07) is 11.7. The van der Waals surface area contributed by atoms with Crippen LogP contribution in [-0.2, 0) is 0 Å². The molecular weight excluding hydrogens is 433 g/mol. The van der Waals surface area contributed by atoms with Crippen molar-refractivity contribution >= 4 is 58.4 Å². The summed E-state index contributed by atoms with van der Waals surface area (Å²) in [5.74, 6) is -0.0673. The maximum absolute atomic E-state index is 12.4. The van der Waals surface area contributed by atoms with Crippen LogP contribution in [0.25, 0.3) is 0 Å². The van der Waals surface area contributed by atoms with Crippen LogP contribution in [0.1, 0.15) is 17.3 Å². The van der Waals surface area contributed by atoms with Gasteiger partial charge in [-0.1, -0.05) is 23.9 Å². The first kappa shape index (κ1) is 23.2. The van der Waals surface area contributed by atoms with Gasteiger partial charge in [0.2, 0.25) is 0 Å². The quantitative estimate of drug-likeness (QED) is 0.690. The van der Waals surface area contributed by atoms with Crippen LogP contribution in [0.5, 0.6) is 0 Å². The van der Waals surface area contributed by atoms with Gasteiger partial charge in [0.05, 0.1) is 5.56 Å². The summed E-state index contributed by atoms with van der Waals surface area (Å²) in [6.07, 6.45) is 1.75. The average molecular weight is 453 g/mol. The molecule has 132 valence electrons. The molecule has 8 heteroatoms. The van der Waals surface area contributed by atoms with Gasteiger partial charge in [0.1, 0.15) is 5.03 Å². The number of nitrogens with zero attached hydrogens (tertiary/aromatic N) is 1. The highest BCUT2D eigenvalue weighted by molar-refractivity contribution is 9.10. The van der Waals surface area contributed by atoms with Gasteiger partial charge >= 0.3 is 0 Å². The molecule has 1 unspecified atom stereocenters. The van der Waals surface area contributed by atoms with Crippen LogP contribution in [0, 0.1) is 0 Å². The van der Waals surface area contributed by atoms with Crippen LogP contribution in [-0.4, -0.2) is 30.5 Å². The fraction of sp³-hybridized carbons (Fsp3) is 0.250. The fourth-order valence-electron chi connectivity index (χ4n) is 1.72. The summed E-state index contributed by atoms with van der Waals surface area (Å²) in [5, 5.41) is 6.89. The van der Waals surface area contributed by atoms with E-state index >= 15 is 0 Å². The number of benzene rings is 1. The minimum Gasteiger partial charge on any atom is -0.350 e. The number of carbonyl (C=O) groups excluding carboxylic acids is 1. The molecule has 0 aliphatic heterocycles. The summed E-state index contributed by atoms with van der Waals surface area (Å²) < 4.78 is 0.934. The molecule has 24 heavy (non-hydrogen) atoms. The topological polar surface area (TPSA) is 54.0 Å². The van der Waals surface area contributed by atoms with Gasteiger partial charge in [-0.15, -0.1) is 24.8 Å². The molecule has 1 aromatic carbocycles. The third kappa shape index (κ3) is 6.99. The number of amides is 1. The van der Waals surface area contributed by atoms with Gasteiger partial charge in [0, 0.05) is 28.2 Å². The molecule has 0 fully saturated rings. The lowest BCUT2D eigenvalue weighted by Gasteiger charge is -2.13. The summed E-state index contributed by atoms with van der Waals surface area (Å²) in [5.41, 5.74) is 0.667. The number of likely N-dealkylation sites (N-methyl/N-ethyl adjacent to an activating group) is 1. The van der Waals surface area contributed by atoms with Crippen molar-refractivity contribution in [3.63, 3.8) is 0 Å². The van der Waals surface area contributed by atoms with Gasteiger partial charge in [-0.05, 0) is 54.2 Å². The Labute approximate surface area is 167 Å². The lowest BCUT2D eigenvalue weighted by atomic mass is 10.2. The molecule has 1 aromatic heterocycles. The SMILES string of the molecule is CNC(C)CNC(=O)c1ccccc1Sc1ccc(Br)cn1.Cl.Cl. The van der Waals surface area contributed by atoms with E-state index in [2.05, 4.69) is 31.5 Å². The Morgan fingerprint density at radius 1 is 1.25 bits per heavy atom. The highest BCUT2D eigenvalue weighted by Crippen LogP contribution is 2.29. The van der Waals surface area contributed by atoms with E-state index in [0.717, 1.165) is 14.4 Å². The van der Waals surface area contributed by atoms with E-state index in [1.807, 2.05) is 50.4 Å². The fourth-order valence-corrected chi connectivity index (χ4v) is 2.84. The van der Waals surface area contributed by atoms with E-state index in [-0.39, 0.29) is 36.8 Å². The third-order valence-electron chi connectivity index (χ3n) is 3.11. The van der Waals surface area contributed by atoms with Gasteiger partial charge in [-0.3, -0.25) is 4.79 Å². The maximum atomic E-state index is 12.4. The summed E-state index contributed by atoms with van der Waals surface area (Å²) in [4.78, 5) is 17.6. The van der Waals surface area contributed by atoms with Gasteiger partial charge in [0.25, 0.3) is 5.91 Å². The van der Waals surface area contributed by atoms with Crippen molar-refractivity contribution in [2.24, 2.45) is 0 Å². The highest BCUT2D eigenvalue weighted by atomic mass is 79.9. The van der Waals surface area contributed by atoms with Gasteiger partial charge in [-0.25, -0.2) is 4.98 Å². The normalized spacial score (nSPS) is 11.0. The summed E-state index contributed by atoms with van der Waals surface area (Å²) in [6.45, 7) is 2.61. The van der Waals surface area contributed by atoms with Crippen molar-refractivity contribution in [2.45, 2.75) is 22.9 Å². The number of rotatable bonds is 6. The maximum Gasteiger partial charge on any atom is 0.252 e. The molecule has 2 N–H and O–H groups in total. The first-order chi connectivity index (χ1) is 10.6. The second kappa shape index (κ2) is 11.7. The van der Waals surface area contributed by atoms with Gasteiger partial charge < -0.3 is 10.6 Å². The Kier molecular flexibility index (Phi) is 11.3. The predicted molar refractivity (Wildman–Crippen MR) is 108 cm³/mol. The van der Waals surface area contributed by atoms with E-state index in [0.29, 0.717) is 12.1 Å². The number of nitrogens with one attached hydrogen (secondary N) is 2. The molecule has 4 nitrogen and oxygen atoms in total. The molecular formula is C16H20BrCl2N3OS. The molecule has 0 saturated heterocycles. The van der Waals surface area contributed by atoms with E-state index in [9.17, 15) is 4.79 Å². The number of hydrogen-bond acceptors (Lipinski definition) is 4. The molecule has 0 spiro atoms. The number of pyridine rings is 1. The smallest absolute Gasteiger partial charge is 0.252 e.